The number of nitrogens with zero attached hydrogens (tertiary/aromatic N) is 3. The quantitative estimate of drug-likeness (QED) is 0.820. The van der Waals surface area contributed by atoms with Gasteiger partial charge in [0.2, 0.25) is 0 Å². The van der Waals surface area contributed by atoms with Gasteiger partial charge in [-0.25, -0.2) is 4.79 Å². The molecule has 1 aromatic rings. The summed E-state index contributed by atoms with van der Waals surface area (Å²) in [6.07, 6.45) is 1.04. The Morgan fingerprint density at radius 2 is 1.80 bits per heavy atom. The second kappa shape index (κ2) is 7.42. The lowest BCUT2D eigenvalue weighted by Crippen LogP contribution is -2.49. The Labute approximate surface area is 155 Å². The first-order valence-corrected chi connectivity index (χ1v) is 9.43. The van der Waals surface area contributed by atoms with E-state index in [9.17, 15) is 4.79 Å². The van der Waals surface area contributed by atoms with Gasteiger partial charge < -0.3 is 14.5 Å². The molecule has 2 aliphatic rings. The lowest BCUT2D eigenvalue weighted by Gasteiger charge is -2.38. The maximum absolute atomic E-state index is 12.2. The lowest BCUT2D eigenvalue weighted by molar-refractivity contribution is 0.0139. The van der Waals surface area contributed by atoms with E-state index >= 15 is 0 Å². The van der Waals surface area contributed by atoms with E-state index in [2.05, 4.69) is 21.9 Å². The number of rotatable bonds is 3. The van der Waals surface area contributed by atoms with Gasteiger partial charge in [0.1, 0.15) is 5.60 Å². The third-order valence-electron chi connectivity index (χ3n) is 4.66. The van der Waals surface area contributed by atoms with E-state index < -0.39 is 5.60 Å². The van der Waals surface area contributed by atoms with E-state index in [0.717, 1.165) is 37.7 Å². The summed E-state index contributed by atoms with van der Waals surface area (Å²) in [6, 6.07) is 6.18. The summed E-state index contributed by atoms with van der Waals surface area (Å²) in [6.45, 7) is 12.0. The smallest absolute Gasteiger partial charge is 0.410 e. The Morgan fingerprint density at radius 1 is 1.12 bits per heavy atom. The molecule has 0 aliphatic carbocycles. The van der Waals surface area contributed by atoms with Crippen LogP contribution in [0, 0.1) is 0 Å². The first-order valence-electron chi connectivity index (χ1n) is 9.05. The third-order valence-corrected chi connectivity index (χ3v) is 4.90. The first kappa shape index (κ1) is 18.3. The van der Waals surface area contributed by atoms with Gasteiger partial charge in [-0.05, 0) is 44.9 Å². The number of ether oxygens (including phenoxy) is 1. The molecule has 0 radical (unpaired) electrons. The number of hydrogen-bond donors (Lipinski definition) is 0. The van der Waals surface area contributed by atoms with Crippen LogP contribution < -0.4 is 4.90 Å². The third kappa shape index (κ3) is 4.79. The fourth-order valence-corrected chi connectivity index (χ4v) is 3.34. The predicted molar refractivity (Wildman–Crippen MR) is 101 cm³/mol. The van der Waals surface area contributed by atoms with E-state index in [1.54, 1.807) is 4.90 Å². The number of benzene rings is 1. The van der Waals surface area contributed by atoms with Gasteiger partial charge in [0.05, 0.1) is 0 Å². The van der Waals surface area contributed by atoms with Crippen molar-refractivity contribution in [3.63, 3.8) is 0 Å². The highest BCUT2D eigenvalue weighted by Crippen LogP contribution is 2.29. The Bertz CT molecular complexity index is 618. The summed E-state index contributed by atoms with van der Waals surface area (Å²) < 4.78 is 5.46. The molecule has 0 bridgehead atoms. The van der Waals surface area contributed by atoms with Gasteiger partial charge in [0, 0.05) is 56.5 Å². The van der Waals surface area contributed by atoms with E-state index in [-0.39, 0.29) is 6.09 Å². The van der Waals surface area contributed by atoms with Crippen molar-refractivity contribution in [3.8, 4) is 0 Å². The van der Waals surface area contributed by atoms with Crippen molar-refractivity contribution in [1.82, 2.24) is 9.80 Å². The maximum Gasteiger partial charge on any atom is 0.410 e. The zero-order chi connectivity index (χ0) is 18.0. The molecule has 0 spiro atoms. The molecule has 25 heavy (non-hydrogen) atoms. The Balaban J connectivity index is 1.57. The van der Waals surface area contributed by atoms with Crippen molar-refractivity contribution in [2.24, 2.45) is 0 Å². The molecule has 2 fully saturated rings. The molecule has 1 aromatic carbocycles. The maximum atomic E-state index is 12.2. The summed E-state index contributed by atoms with van der Waals surface area (Å²) >= 11 is 6.19. The second-order valence-corrected chi connectivity index (χ2v) is 8.29. The van der Waals surface area contributed by atoms with Crippen LogP contribution in [-0.2, 0) is 11.3 Å². The zero-order valence-electron chi connectivity index (χ0n) is 15.4. The number of anilines is 1. The van der Waals surface area contributed by atoms with Gasteiger partial charge in [-0.2, -0.15) is 0 Å². The van der Waals surface area contributed by atoms with Crippen molar-refractivity contribution < 1.29 is 9.53 Å². The molecule has 2 heterocycles. The summed E-state index contributed by atoms with van der Waals surface area (Å²) in [5, 5.41) is 0.792. The number of carbonyl (C=O) groups is 1. The van der Waals surface area contributed by atoms with Gasteiger partial charge in [-0.1, -0.05) is 17.7 Å². The molecule has 0 unspecified atom stereocenters. The first-order chi connectivity index (χ1) is 11.8. The molecule has 2 saturated heterocycles. The summed E-state index contributed by atoms with van der Waals surface area (Å²) in [7, 11) is 0. The van der Waals surface area contributed by atoms with Crippen LogP contribution in [-0.4, -0.2) is 60.8 Å². The normalized spacial score (nSPS) is 18.9. The average Bonchev–Trinajstić information content (AvgIpc) is 2.47. The molecular formula is C19H28ClN3O2. The van der Waals surface area contributed by atoms with Crippen LogP contribution in [0.5, 0.6) is 0 Å². The largest absolute Gasteiger partial charge is 0.444 e. The number of hydrogen-bond acceptors (Lipinski definition) is 4. The average molecular weight is 366 g/mol. The van der Waals surface area contributed by atoms with Crippen molar-refractivity contribution in [3.05, 3.63) is 28.8 Å². The van der Waals surface area contributed by atoms with Crippen LogP contribution in [0.1, 0.15) is 32.8 Å². The highest BCUT2D eigenvalue weighted by atomic mass is 35.5. The molecule has 138 valence electrons. The van der Waals surface area contributed by atoms with E-state index in [0.29, 0.717) is 13.1 Å². The summed E-state index contributed by atoms with van der Waals surface area (Å²) in [4.78, 5) is 18.8. The van der Waals surface area contributed by atoms with Gasteiger partial charge in [-0.15, -0.1) is 0 Å². The molecule has 3 rings (SSSR count). The predicted octanol–water partition coefficient (Wildman–Crippen LogP) is 3.60. The van der Waals surface area contributed by atoms with Crippen LogP contribution in [0.25, 0.3) is 0 Å². The summed E-state index contributed by atoms with van der Waals surface area (Å²) in [5.74, 6) is 0. The molecule has 0 atom stereocenters. The minimum absolute atomic E-state index is 0.208. The fourth-order valence-electron chi connectivity index (χ4n) is 3.18. The van der Waals surface area contributed by atoms with Gasteiger partial charge in [0.25, 0.3) is 0 Å². The highest BCUT2D eigenvalue weighted by molar-refractivity contribution is 6.30. The SMILES string of the molecule is CC(C)(C)OC(=O)N1CCN(Cc2ccc(Cl)cc2N2CCC2)CC1. The minimum Gasteiger partial charge on any atom is -0.444 e. The monoisotopic (exact) mass is 365 g/mol. The van der Waals surface area contributed by atoms with Crippen LogP contribution in [0.3, 0.4) is 0 Å². The van der Waals surface area contributed by atoms with Crippen LogP contribution in [0.4, 0.5) is 10.5 Å². The lowest BCUT2D eigenvalue weighted by atomic mass is 10.1. The number of halogens is 1. The molecule has 6 heteroatoms. The molecule has 0 N–H and O–H groups in total. The van der Waals surface area contributed by atoms with Crippen LogP contribution >= 0.6 is 11.6 Å². The molecule has 0 aromatic heterocycles. The highest BCUT2D eigenvalue weighted by Gasteiger charge is 2.26. The van der Waals surface area contributed by atoms with Crippen molar-refractivity contribution in [2.75, 3.05) is 44.2 Å². The molecule has 1 amide bonds. The van der Waals surface area contributed by atoms with Crippen LogP contribution in [0.15, 0.2) is 18.2 Å². The number of piperazine rings is 1. The Morgan fingerprint density at radius 3 is 2.36 bits per heavy atom. The number of amides is 1. The molecule has 0 saturated carbocycles. The topological polar surface area (TPSA) is 36.0 Å². The summed E-state index contributed by atoms with van der Waals surface area (Å²) in [5.41, 5.74) is 2.13. The van der Waals surface area contributed by atoms with Crippen molar-refractivity contribution in [1.29, 1.82) is 0 Å². The minimum atomic E-state index is -0.441. The van der Waals surface area contributed by atoms with E-state index in [1.165, 1.54) is 17.7 Å². The molecular weight excluding hydrogens is 338 g/mol. The standard InChI is InChI=1S/C19H28ClN3O2/c1-19(2,3)25-18(24)23-11-9-21(10-12-23)14-15-5-6-16(20)13-17(15)22-7-4-8-22/h5-6,13H,4,7-12,14H2,1-3H3. The Kier molecular flexibility index (Phi) is 5.44. The van der Waals surface area contributed by atoms with Crippen LogP contribution in [0.2, 0.25) is 5.02 Å². The van der Waals surface area contributed by atoms with E-state index in [1.807, 2.05) is 26.8 Å². The fraction of sp³-hybridized carbons (Fsp3) is 0.632. The molecule has 2 aliphatic heterocycles. The second-order valence-electron chi connectivity index (χ2n) is 7.86. The van der Waals surface area contributed by atoms with Gasteiger partial charge in [0.15, 0.2) is 0 Å². The van der Waals surface area contributed by atoms with E-state index in [4.69, 9.17) is 16.3 Å². The molecule has 5 nitrogen and oxygen atoms in total. The van der Waals surface area contributed by atoms with Crippen molar-refractivity contribution >= 4 is 23.4 Å². The van der Waals surface area contributed by atoms with Gasteiger partial charge >= 0.3 is 6.09 Å². The Hall–Kier alpha value is -1.46. The van der Waals surface area contributed by atoms with Gasteiger partial charge in [-0.3, -0.25) is 4.90 Å². The van der Waals surface area contributed by atoms with Crippen molar-refractivity contribution in [2.45, 2.75) is 39.3 Å². The number of carbonyl (C=O) groups excluding carboxylic acids is 1. The zero-order valence-corrected chi connectivity index (χ0v) is 16.2.